The van der Waals surface area contributed by atoms with E-state index in [1.54, 1.807) is 0 Å². The van der Waals surface area contributed by atoms with E-state index in [1.165, 1.54) is 46.6 Å². The van der Waals surface area contributed by atoms with Crippen LogP contribution in [0.5, 0.6) is 11.5 Å². The van der Waals surface area contributed by atoms with E-state index in [0.717, 1.165) is 43.7 Å². The maximum atomic E-state index is 13.3. The van der Waals surface area contributed by atoms with Gasteiger partial charge in [0, 0.05) is 0 Å². The second-order valence-corrected chi connectivity index (χ2v) is 18.3. The Labute approximate surface area is 242 Å². The predicted octanol–water partition coefficient (Wildman–Crippen LogP) is 10.4. The number of halogens is 6. The van der Waals surface area contributed by atoms with E-state index in [9.17, 15) is 26.3 Å². The molecule has 2 aromatic carbocycles. The van der Waals surface area contributed by atoms with Crippen LogP contribution in [0.4, 0.5) is 26.3 Å². The van der Waals surface area contributed by atoms with Crippen LogP contribution < -0.4 is 5.63 Å². The average Bonchev–Trinajstić information content (AvgIpc) is 3.49. The normalized spacial score (nSPS) is 18.8. The first kappa shape index (κ1) is 29.9. The fourth-order valence-electron chi connectivity index (χ4n) is 6.15. The Morgan fingerprint density at radius 1 is 0.585 bits per heavy atom. The van der Waals surface area contributed by atoms with Gasteiger partial charge in [0.1, 0.15) is 0 Å². The summed E-state index contributed by atoms with van der Waals surface area (Å²) in [5.74, 6) is 1.02. The minimum absolute atomic E-state index is 0.247. The van der Waals surface area contributed by atoms with E-state index in [-0.39, 0.29) is 23.3 Å². The summed E-state index contributed by atoms with van der Waals surface area (Å²) in [5.41, 5.74) is 3.20. The van der Waals surface area contributed by atoms with Gasteiger partial charge in [-0.05, 0) is 0 Å². The van der Waals surface area contributed by atoms with Crippen molar-refractivity contribution in [3.63, 3.8) is 0 Å². The quantitative estimate of drug-likeness (QED) is 0.289. The zero-order valence-corrected chi connectivity index (χ0v) is 25.8. The predicted molar refractivity (Wildman–Crippen MR) is 143 cm³/mol. The molecule has 9 heteroatoms. The number of alkyl halides is 6. The Morgan fingerprint density at radius 3 is 1.22 bits per heavy atom. The van der Waals surface area contributed by atoms with E-state index in [4.69, 9.17) is 5.63 Å². The van der Waals surface area contributed by atoms with Crippen LogP contribution >= 0.6 is 0 Å². The van der Waals surface area contributed by atoms with Gasteiger partial charge in [0.2, 0.25) is 0 Å². The first-order valence-electron chi connectivity index (χ1n) is 13.8. The molecule has 0 unspecified atom stereocenters. The van der Waals surface area contributed by atoms with Crippen molar-refractivity contribution in [1.29, 1.82) is 0 Å². The molecule has 1 heterocycles. The molecule has 5 rings (SSSR count). The van der Waals surface area contributed by atoms with Crippen molar-refractivity contribution in [2.75, 3.05) is 0 Å². The van der Waals surface area contributed by atoms with Crippen LogP contribution in [0, 0.1) is 11.8 Å². The van der Waals surface area contributed by atoms with Crippen molar-refractivity contribution in [2.24, 2.45) is 11.8 Å². The molecule has 0 saturated heterocycles. The van der Waals surface area contributed by atoms with Gasteiger partial charge in [0.25, 0.3) is 0 Å². The van der Waals surface area contributed by atoms with Crippen LogP contribution in [0.2, 0.25) is 0 Å². The summed E-state index contributed by atoms with van der Waals surface area (Å²) in [6.07, 6.45) is -1.86. The van der Waals surface area contributed by atoms with E-state index in [2.05, 4.69) is 39.8 Å². The SMILES string of the molecule is CC(C)C1=CC[C]2=C1CCC1=[C](CC=C1C(C)C)[Zr]2([O]c1ccc(C(F)(F)F)cc1)[O]c1ccc(C(F)(F)F)cc1. The molecule has 0 amide bonds. The molecule has 41 heavy (non-hydrogen) atoms. The Morgan fingerprint density at radius 2 is 0.927 bits per heavy atom. The molecule has 0 saturated carbocycles. The van der Waals surface area contributed by atoms with Gasteiger partial charge in [-0.25, -0.2) is 0 Å². The standard InChI is InChI=1S/C18H24.2C7H5F3O.Zr/c1-13(2)17-9-5-7-15(17)11-12-16-8-6-10-18(16)14(3)4;2*8-7(9,10)5-1-3-6(11)4-2-5;/h9-10,13-14H,5-6,11-12H2,1-4H3;2*1-4,11H;/q;;;+2/p-2. The van der Waals surface area contributed by atoms with Gasteiger partial charge < -0.3 is 0 Å². The monoisotopic (exact) mass is 652 g/mol. The number of allylic oxidation sites excluding steroid dienone is 8. The molecule has 0 fully saturated rings. The van der Waals surface area contributed by atoms with Crippen molar-refractivity contribution >= 4 is 0 Å². The first-order chi connectivity index (χ1) is 19.2. The zero-order valence-electron chi connectivity index (χ0n) is 23.3. The molecule has 0 spiro atoms. The summed E-state index contributed by atoms with van der Waals surface area (Å²) in [5, 5.41) is 0. The second-order valence-electron chi connectivity index (χ2n) is 11.3. The van der Waals surface area contributed by atoms with Crippen LogP contribution in [0.1, 0.15) is 64.5 Å². The summed E-state index contributed by atoms with van der Waals surface area (Å²) in [6.45, 7) is 8.49. The first-order valence-corrected chi connectivity index (χ1v) is 18.3. The number of benzene rings is 2. The van der Waals surface area contributed by atoms with Gasteiger partial charge in [-0.1, -0.05) is 0 Å². The van der Waals surface area contributed by atoms with Crippen LogP contribution in [-0.2, 0) is 33.5 Å². The molecule has 218 valence electrons. The third kappa shape index (κ3) is 5.76. The Balaban J connectivity index is 1.69. The molecule has 0 aromatic heterocycles. The van der Waals surface area contributed by atoms with E-state index in [1.807, 2.05) is 0 Å². The maximum absolute atomic E-state index is 13.3. The molecule has 2 nitrogen and oxygen atoms in total. The third-order valence-electron chi connectivity index (χ3n) is 8.03. The zero-order chi connectivity index (χ0) is 29.7. The van der Waals surface area contributed by atoms with Crippen molar-refractivity contribution in [1.82, 2.24) is 0 Å². The molecule has 0 radical (unpaired) electrons. The summed E-state index contributed by atoms with van der Waals surface area (Å²) < 4.78 is 95.9. The van der Waals surface area contributed by atoms with Gasteiger partial charge in [-0.15, -0.1) is 0 Å². The van der Waals surface area contributed by atoms with Crippen LogP contribution in [0.15, 0.2) is 89.5 Å². The number of rotatable bonds is 6. The Bertz CT molecular complexity index is 1330. The summed E-state index contributed by atoms with van der Waals surface area (Å²) in [7, 11) is 0. The Kier molecular flexibility index (Phi) is 7.99. The summed E-state index contributed by atoms with van der Waals surface area (Å²) in [6, 6.07) is 9.25. The van der Waals surface area contributed by atoms with Gasteiger partial charge >= 0.3 is 243 Å². The molecule has 2 aliphatic carbocycles. The molecular formula is C32H32F6O2Zr. The molecule has 0 N–H and O–H groups in total. The van der Waals surface area contributed by atoms with E-state index >= 15 is 0 Å². The second kappa shape index (κ2) is 10.9. The number of hydrogen-bond donors (Lipinski definition) is 0. The fourth-order valence-corrected chi connectivity index (χ4v) is 15.8. The van der Waals surface area contributed by atoms with Gasteiger partial charge in [-0.2, -0.15) is 0 Å². The van der Waals surface area contributed by atoms with Crippen molar-refractivity contribution < 1.29 is 53.1 Å². The van der Waals surface area contributed by atoms with Crippen LogP contribution in [0.3, 0.4) is 0 Å². The van der Waals surface area contributed by atoms with Gasteiger partial charge in [0.05, 0.1) is 0 Å². The van der Waals surface area contributed by atoms with E-state index < -0.39 is 44.6 Å². The number of hydrogen-bond acceptors (Lipinski definition) is 2. The van der Waals surface area contributed by atoms with Crippen LogP contribution in [-0.4, -0.2) is 0 Å². The van der Waals surface area contributed by atoms with Crippen molar-refractivity contribution in [2.45, 2.75) is 65.7 Å². The summed E-state index contributed by atoms with van der Waals surface area (Å²) >= 11 is -4.77. The van der Waals surface area contributed by atoms with Gasteiger partial charge in [-0.3, -0.25) is 0 Å². The topological polar surface area (TPSA) is 18.5 Å². The Hall–Kier alpha value is -2.54. The molecule has 2 aromatic rings. The molecule has 1 aliphatic heterocycles. The molecule has 3 aliphatic rings. The molecule has 0 atom stereocenters. The minimum atomic E-state index is -4.77. The van der Waals surface area contributed by atoms with E-state index in [0.29, 0.717) is 12.8 Å². The fraction of sp³-hybridized carbons (Fsp3) is 0.375. The third-order valence-corrected chi connectivity index (χ3v) is 17.0. The van der Waals surface area contributed by atoms with Crippen molar-refractivity contribution in [3.8, 4) is 11.5 Å². The van der Waals surface area contributed by atoms with Crippen molar-refractivity contribution in [3.05, 3.63) is 101 Å². The molecule has 0 bridgehead atoms. The average molecular weight is 654 g/mol. The van der Waals surface area contributed by atoms with Crippen LogP contribution in [0.25, 0.3) is 0 Å². The summed E-state index contributed by atoms with van der Waals surface area (Å²) in [4.78, 5) is 0. The molecular weight excluding hydrogens is 622 g/mol. The van der Waals surface area contributed by atoms with Gasteiger partial charge in [0.15, 0.2) is 0 Å².